The molecule has 0 radical (unpaired) electrons. The van der Waals surface area contributed by atoms with Gasteiger partial charge in [-0.05, 0) is 76.5 Å². The summed E-state index contributed by atoms with van der Waals surface area (Å²) in [6.07, 6.45) is 2.02. The van der Waals surface area contributed by atoms with Crippen molar-refractivity contribution < 1.29 is 13.2 Å². The lowest BCUT2D eigenvalue weighted by atomic mass is 9.97. The molecule has 2 aromatic carbocycles. The number of aryl methyl sites for hydroxylation is 2. The van der Waals surface area contributed by atoms with Crippen LogP contribution in [-0.2, 0) is 21.2 Å². The molecular formula is C24H33N3O3S. The summed E-state index contributed by atoms with van der Waals surface area (Å²) in [4.78, 5) is 15.2. The summed E-state index contributed by atoms with van der Waals surface area (Å²) in [6, 6.07) is 13.3. The summed E-state index contributed by atoms with van der Waals surface area (Å²) < 4.78 is 27.6. The molecular weight excluding hydrogens is 410 g/mol. The minimum Gasteiger partial charge on any atom is -0.326 e. The lowest BCUT2D eigenvalue weighted by Crippen LogP contribution is -2.41. The first-order valence-electron chi connectivity index (χ1n) is 10.8. The van der Waals surface area contributed by atoms with Gasteiger partial charge in [-0.1, -0.05) is 29.8 Å². The van der Waals surface area contributed by atoms with Gasteiger partial charge in [-0.2, -0.15) is 4.31 Å². The summed E-state index contributed by atoms with van der Waals surface area (Å²) in [7, 11) is 0.562. The lowest BCUT2D eigenvalue weighted by molar-refractivity contribution is -0.120. The van der Waals surface area contributed by atoms with Crippen LogP contribution in [0.15, 0.2) is 47.4 Å². The normalized spacial score (nSPS) is 15.9. The highest BCUT2D eigenvalue weighted by atomic mass is 32.2. The molecule has 168 valence electrons. The topological polar surface area (TPSA) is 69.7 Å². The summed E-state index contributed by atoms with van der Waals surface area (Å²) in [5.41, 5.74) is 3.81. The molecule has 0 bridgehead atoms. The Morgan fingerprint density at radius 3 is 2.29 bits per heavy atom. The number of hydrogen-bond donors (Lipinski definition) is 1. The molecule has 1 aliphatic heterocycles. The minimum absolute atomic E-state index is 0.0374. The molecule has 1 saturated heterocycles. The van der Waals surface area contributed by atoms with E-state index in [0.717, 1.165) is 29.8 Å². The molecule has 1 N–H and O–H groups in total. The van der Waals surface area contributed by atoms with E-state index in [0.29, 0.717) is 30.8 Å². The van der Waals surface area contributed by atoms with Crippen molar-refractivity contribution in [3.05, 3.63) is 59.2 Å². The first-order valence-corrected chi connectivity index (χ1v) is 12.2. The van der Waals surface area contributed by atoms with Crippen molar-refractivity contribution in [2.24, 2.45) is 5.92 Å². The van der Waals surface area contributed by atoms with Crippen molar-refractivity contribution in [3.8, 4) is 0 Å². The molecule has 0 unspecified atom stereocenters. The molecule has 0 aliphatic carbocycles. The number of benzene rings is 2. The highest BCUT2D eigenvalue weighted by Crippen LogP contribution is 2.27. The SMILES string of the molecule is Cc1ccc(S(=O)(=O)N2CCC(C(=O)Nc3ccc(CCN(C)C)cc3)CC2)c(C)c1. The highest BCUT2D eigenvalue weighted by molar-refractivity contribution is 7.89. The Balaban J connectivity index is 1.56. The van der Waals surface area contributed by atoms with Gasteiger partial charge in [0.1, 0.15) is 0 Å². The maximum atomic E-state index is 13.0. The highest BCUT2D eigenvalue weighted by Gasteiger charge is 2.32. The van der Waals surface area contributed by atoms with E-state index in [-0.39, 0.29) is 11.8 Å². The average Bonchev–Trinajstić information content (AvgIpc) is 2.73. The molecule has 1 fully saturated rings. The third kappa shape index (κ3) is 5.93. The molecule has 1 aliphatic rings. The van der Waals surface area contributed by atoms with E-state index in [1.165, 1.54) is 9.87 Å². The Morgan fingerprint density at radius 1 is 1.06 bits per heavy atom. The Hall–Kier alpha value is -2.22. The number of likely N-dealkylation sites (N-methyl/N-ethyl adjacent to an activating group) is 1. The van der Waals surface area contributed by atoms with Crippen LogP contribution in [0.1, 0.15) is 29.5 Å². The average molecular weight is 444 g/mol. The van der Waals surface area contributed by atoms with E-state index in [1.807, 2.05) is 64.3 Å². The maximum absolute atomic E-state index is 13.0. The number of hydrogen-bond acceptors (Lipinski definition) is 4. The van der Waals surface area contributed by atoms with Crippen molar-refractivity contribution in [1.82, 2.24) is 9.21 Å². The van der Waals surface area contributed by atoms with E-state index in [2.05, 4.69) is 10.2 Å². The predicted molar refractivity (Wildman–Crippen MR) is 125 cm³/mol. The second-order valence-electron chi connectivity index (χ2n) is 8.69. The van der Waals surface area contributed by atoms with Gasteiger partial charge in [0, 0.05) is 31.2 Å². The van der Waals surface area contributed by atoms with Gasteiger partial charge in [-0.25, -0.2) is 8.42 Å². The number of rotatable bonds is 7. The van der Waals surface area contributed by atoms with Crippen LogP contribution in [0.25, 0.3) is 0 Å². The fourth-order valence-corrected chi connectivity index (χ4v) is 5.61. The Kier molecular flexibility index (Phi) is 7.51. The number of nitrogens with zero attached hydrogens (tertiary/aromatic N) is 2. The molecule has 7 heteroatoms. The molecule has 1 heterocycles. The van der Waals surface area contributed by atoms with Crippen LogP contribution < -0.4 is 5.32 Å². The van der Waals surface area contributed by atoms with E-state index >= 15 is 0 Å². The summed E-state index contributed by atoms with van der Waals surface area (Å²) in [5.74, 6) is -0.219. The van der Waals surface area contributed by atoms with Crippen LogP contribution >= 0.6 is 0 Å². The van der Waals surface area contributed by atoms with E-state index in [4.69, 9.17) is 0 Å². The van der Waals surface area contributed by atoms with Gasteiger partial charge >= 0.3 is 0 Å². The van der Waals surface area contributed by atoms with E-state index in [1.54, 1.807) is 6.07 Å². The van der Waals surface area contributed by atoms with Crippen molar-refractivity contribution in [2.45, 2.75) is 38.0 Å². The van der Waals surface area contributed by atoms with Gasteiger partial charge in [-0.3, -0.25) is 4.79 Å². The number of piperidine rings is 1. The lowest BCUT2D eigenvalue weighted by Gasteiger charge is -2.31. The predicted octanol–water partition coefficient (Wildman–Crippen LogP) is 3.45. The summed E-state index contributed by atoms with van der Waals surface area (Å²) in [6.45, 7) is 5.47. The van der Waals surface area contributed by atoms with Crippen LogP contribution in [0.2, 0.25) is 0 Å². The third-order valence-electron chi connectivity index (χ3n) is 5.84. The minimum atomic E-state index is -3.54. The summed E-state index contributed by atoms with van der Waals surface area (Å²) >= 11 is 0. The van der Waals surface area contributed by atoms with Crippen LogP contribution in [0, 0.1) is 19.8 Å². The quantitative estimate of drug-likeness (QED) is 0.712. The molecule has 2 aromatic rings. The van der Waals surface area contributed by atoms with E-state index < -0.39 is 10.0 Å². The first-order chi connectivity index (χ1) is 14.7. The molecule has 6 nitrogen and oxygen atoms in total. The standard InChI is InChI=1S/C24H33N3O3S/c1-18-5-10-23(19(2)17-18)31(29,30)27-15-12-21(13-16-27)24(28)25-22-8-6-20(7-9-22)11-14-26(3)4/h5-10,17,21H,11-16H2,1-4H3,(H,25,28). The van der Waals surface area contributed by atoms with Gasteiger partial charge in [0.25, 0.3) is 0 Å². The third-order valence-corrected chi connectivity index (χ3v) is 7.90. The molecule has 3 rings (SSSR count). The smallest absolute Gasteiger partial charge is 0.243 e. The first kappa shape index (κ1) is 23.4. The van der Waals surface area contributed by atoms with Crippen molar-refractivity contribution in [2.75, 3.05) is 39.0 Å². The van der Waals surface area contributed by atoms with Crippen molar-refractivity contribution in [1.29, 1.82) is 0 Å². The van der Waals surface area contributed by atoms with Gasteiger partial charge in [0.05, 0.1) is 4.90 Å². The zero-order chi connectivity index (χ0) is 22.6. The van der Waals surface area contributed by atoms with Gasteiger partial charge < -0.3 is 10.2 Å². The molecule has 0 saturated carbocycles. The van der Waals surface area contributed by atoms with Crippen LogP contribution in [0.4, 0.5) is 5.69 Å². The van der Waals surface area contributed by atoms with Crippen molar-refractivity contribution >= 4 is 21.6 Å². The Bertz CT molecular complexity index is 1010. The van der Waals surface area contributed by atoms with Gasteiger partial charge in [-0.15, -0.1) is 0 Å². The number of amides is 1. The largest absolute Gasteiger partial charge is 0.326 e. The van der Waals surface area contributed by atoms with Crippen LogP contribution in [0.5, 0.6) is 0 Å². The van der Waals surface area contributed by atoms with Gasteiger partial charge in [0.15, 0.2) is 0 Å². The molecule has 0 spiro atoms. The van der Waals surface area contributed by atoms with Crippen molar-refractivity contribution in [3.63, 3.8) is 0 Å². The number of anilines is 1. The molecule has 1 amide bonds. The Labute approximate surface area is 186 Å². The zero-order valence-electron chi connectivity index (χ0n) is 18.9. The number of nitrogens with one attached hydrogen (secondary N) is 1. The molecule has 0 aromatic heterocycles. The van der Waals surface area contributed by atoms with Crippen LogP contribution in [-0.4, -0.2) is 57.3 Å². The number of carbonyl (C=O) groups excluding carboxylic acids is 1. The second-order valence-corrected chi connectivity index (χ2v) is 10.6. The Morgan fingerprint density at radius 2 is 1.71 bits per heavy atom. The fraction of sp³-hybridized carbons (Fsp3) is 0.458. The summed E-state index contributed by atoms with van der Waals surface area (Å²) in [5, 5.41) is 2.99. The number of sulfonamides is 1. The molecule has 0 atom stereocenters. The maximum Gasteiger partial charge on any atom is 0.243 e. The monoisotopic (exact) mass is 443 g/mol. The molecule has 31 heavy (non-hydrogen) atoms. The number of carbonyl (C=O) groups is 1. The van der Waals surface area contributed by atoms with Gasteiger partial charge in [0.2, 0.25) is 15.9 Å². The second kappa shape index (κ2) is 9.94. The van der Waals surface area contributed by atoms with Crippen LogP contribution in [0.3, 0.4) is 0 Å². The fourth-order valence-electron chi connectivity index (χ4n) is 3.94. The van der Waals surface area contributed by atoms with E-state index in [9.17, 15) is 13.2 Å². The zero-order valence-corrected chi connectivity index (χ0v) is 19.7.